The van der Waals surface area contributed by atoms with Crippen molar-refractivity contribution in [3.63, 3.8) is 0 Å². The highest BCUT2D eigenvalue weighted by Gasteiger charge is 2.06. The van der Waals surface area contributed by atoms with Crippen LogP contribution in [0.5, 0.6) is 11.5 Å². The van der Waals surface area contributed by atoms with E-state index in [0.29, 0.717) is 29.0 Å². The Hall–Kier alpha value is -3.24. The lowest BCUT2D eigenvalue weighted by Crippen LogP contribution is -2.07. The third-order valence-corrected chi connectivity index (χ3v) is 5.02. The third-order valence-electron chi connectivity index (χ3n) is 4.77. The zero-order chi connectivity index (χ0) is 22.2. The van der Waals surface area contributed by atoms with Crippen molar-refractivity contribution < 1.29 is 14.3 Å². The van der Waals surface area contributed by atoms with E-state index in [9.17, 15) is 4.79 Å². The summed E-state index contributed by atoms with van der Waals surface area (Å²) in [5, 5.41) is 3.56. The summed E-state index contributed by atoms with van der Waals surface area (Å²) in [6.45, 7) is 4.68. The van der Waals surface area contributed by atoms with Crippen LogP contribution in [0.2, 0.25) is 5.02 Å². The largest absolute Gasteiger partial charge is 0.493 e. The van der Waals surface area contributed by atoms with Crippen molar-refractivity contribution in [1.82, 2.24) is 0 Å². The highest BCUT2D eigenvalue weighted by molar-refractivity contribution is 6.30. The molecule has 5 heteroatoms. The van der Waals surface area contributed by atoms with Gasteiger partial charge in [0.15, 0.2) is 11.5 Å². The first kappa shape index (κ1) is 22.4. The molecule has 3 rings (SSSR count). The second-order valence-electron chi connectivity index (χ2n) is 7.42. The molecule has 0 radical (unpaired) electrons. The van der Waals surface area contributed by atoms with E-state index in [-0.39, 0.29) is 5.91 Å². The summed E-state index contributed by atoms with van der Waals surface area (Å²) in [5.41, 5.74) is 3.84. The van der Waals surface area contributed by atoms with Gasteiger partial charge in [-0.25, -0.2) is 0 Å². The standard InChI is InChI=1S/C26H26ClNO3/c1-18(2)21-8-12-23(13-9-21)28-26(29)15-7-19-6-14-24(25(16-19)30-3)31-17-20-4-10-22(27)11-5-20/h4-16,18H,17H2,1-3H3,(H,28,29)/b15-7+. The molecule has 0 spiro atoms. The van der Waals surface area contributed by atoms with Gasteiger partial charge in [-0.2, -0.15) is 0 Å². The lowest BCUT2D eigenvalue weighted by molar-refractivity contribution is -0.111. The van der Waals surface area contributed by atoms with E-state index in [4.69, 9.17) is 21.1 Å². The normalized spacial score (nSPS) is 11.0. The number of hydrogen-bond acceptors (Lipinski definition) is 3. The minimum atomic E-state index is -0.195. The second-order valence-corrected chi connectivity index (χ2v) is 7.86. The molecule has 0 aliphatic rings. The summed E-state index contributed by atoms with van der Waals surface area (Å²) < 4.78 is 11.3. The lowest BCUT2D eigenvalue weighted by atomic mass is 10.0. The fourth-order valence-corrected chi connectivity index (χ4v) is 3.08. The molecule has 0 heterocycles. The predicted molar refractivity (Wildman–Crippen MR) is 127 cm³/mol. The van der Waals surface area contributed by atoms with Gasteiger partial charge < -0.3 is 14.8 Å². The number of carbonyl (C=O) groups is 1. The lowest BCUT2D eigenvalue weighted by Gasteiger charge is -2.11. The van der Waals surface area contributed by atoms with Gasteiger partial charge >= 0.3 is 0 Å². The van der Waals surface area contributed by atoms with E-state index < -0.39 is 0 Å². The molecular formula is C26H26ClNO3. The molecule has 1 amide bonds. The summed E-state index contributed by atoms with van der Waals surface area (Å²) in [5.74, 6) is 1.49. The topological polar surface area (TPSA) is 47.6 Å². The molecule has 0 aliphatic heterocycles. The maximum atomic E-state index is 12.2. The van der Waals surface area contributed by atoms with Gasteiger partial charge in [-0.3, -0.25) is 4.79 Å². The number of hydrogen-bond donors (Lipinski definition) is 1. The molecule has 0 aliphatic carbocycles. The molecule has 160 valence electrons. The fourth-order valence-electron chi connectivity index (χ4n) is 2.96. The van der Waals surface area contributed by atoms with Gasteiger partial charge in [-0.15, -0.1) is 0 Å². The predicted octanol–water partition coefficient (Wildman–Crippen LogP) is 6.70. The van der Waals surface area contributed by atoms with Gasteiger partial charge in [0.05, 0.1) is 7.11 Å². The molecule has 3 aromatic rings. The number of benzene rings is 3. The molecule has 0 bridgehead atoms. The van der Waals surface area contributed by atoms with Crippen LogP contribution < -0.4 is 14.8 Å². The van der Waals surface area contributed by atoms with E-state index in [1.807, 2.05) is 66.7 Å². The first-order chi connectivity index (χ1) is 14.9. The fraction of sp³-hybridized carbons (Fsp3) is 0.192. The number of ether oxygens (including phenoxy) is 2. The van der Waals surface area contributed by atoms with Crippen LogP contribution in [0.4, 0.5) is 5.69 Å². The monoisotopic (exact) mass is 435 g/mol. The average Bonchev–Trinajstić information content (AvgIpc) is 2.78. The number of methoxy groups -OCH3 is 1. The molecule has 0 atom stereocenters. The minimum Gasteiger partial charge on any atom is -0.493 e. The Balaban J connectivity index is 1.61. The third kappa shape index (κ3) is 6.63. The maximum absolute atomic E-state index is 12.2. The Bertz CT molecular complexity index is 1040. The number of nitrogens with one attached hydrogen (secondary N) is 1. The Morgan fingerprint density at radius 2 is 1.71 bits per heavy atom. The van der Waals surface area contributed by atoms with Crippen molar-refractivity contribution in [2.24, 2.45) is 0 Å². The van der Waals surface area contributed by atoms with Crippen LogP contribution in [0.15, 0.2) is 72.8 Å². The van der Waals surface area contributed by atoms with E-state index in [1.165, 1.54) is 11.6 Å². The molecule has 0 aromatic heterocycles. The number of carbonyl (C=O) groups excluding carboxylic acids is 1. The van der Waals surface area contributed by atoms with Crippen LogP contribution in [-0.2, 0) is 11.4 Å². The first-order valence-corrected chi connectivity index (χ1v) is 10.5. The number of halogens is 1. The number of amides is 1. The van der Waals surface area contributed by atoms with E-state index in [1.54, 1.807) is 13.2 Å². The molecule has 3 aromatic carbocycles. The van der Waals surface area contributed by atoms with Crippen molar-refractivity contribution in [2.45, 2.75) is 26.4 Å². The van der Waals surface area contributed by atoms with E-state index >= 15 is 0 Å². The highest BCUT2D eigenvalue weighted by atomic mass is 35.5. The van der Waals surface area contributed by atoms with Crippen LogP contribution in [0.3, 0.4) is 0 Å². The zero-order valence-electron chi connectivity index (χ0n) is 17.9. The van der Waals surface area contributed by atoms with Gasteiger partial charge in [0, 0.05) is 16.8 Å². The van der Waals surface area contributed by atoms with Crippen LogP contribution in [0, 0.1) is 0 Å². The molecule has 31 heavy (non-hydrogen) atoms. The Labute approximate surface area is 188 Å². The van der Waals surface area contributed by atoms with Gasteiger partial charge in [-0.05, 0) is 65.1 Å². The zero-order valence-corrected chi connectivity index (χ0v) is 18.6. The van der Waals surface area contributed by atoms with Gasteiger partial charge in [0.1, 0.15) is 6.61 Å². The van der Waals surface area contributed by atoms with E-state index in [2.05, 4.69) is 19.2 Å². The minimum absolute atomic E-state index is 0.195. The van der Waals surface area contributed by atoms with Crippen molar-refractivity contribution in [2.75, 3.05) is 12.4 Å². The summed E-state index contributed by atoms with van der Waals surface area (Å²) in [4.78, 5) is 12.2. The second kappa shape index (κ2) is 10.7. The molecule has 0 saturated carbocycles. The van der Waals surface area contributed by atoms with Crippen molar-refractivity contribution in [3.05, 3.63) is 94.5 Å². The Morgan fingerprint density at radius 3 is 2.35 bits per heavy atom. The summed E-state index contributed by atoms with van der Waals surface area (Å²) >= 11 is 5.91. The highest BCUT2D eigenvalue weighted by Crippen LogP contribution is 2.29. The molecular weight excluding hydrogens is 410 g/mol. The van der Waals surface area contributed by atoms with Crippen molar-refractivity contribution in [3.8, 4) is 11.5 Å². The van der Waals surface area contributed by atoms with Crippen molar-refractivity contribution in [1.29, 1.82) is 0 Å². The van der Waals surface area contributed by atoms with Crippen molar-refractivity contribution >= 4 is 29.3 Å². The summed E-state index contributed by atoms with van der Waals surface area (Å²) in [6.07, 6.45) is 3.24. The molecule has 1 N–H and O–H groups in total. The molecule has 4 nitrogen and oxygen atoms in total. The molecule has 0 saturated heterocycles. The molecule has 0 fully saturated rings. The van der Waals surface area contributed by atoms with Crippen LogP contribution in [0.25, 0.3) is 6.08 Å². The van der Waals surface area contributed by atoms with Gasteiger partial charge in [-0.1, -0.05) is 55.8 Å². The van der Waals surface area contributed by atoms with Crippen LogP contribution >= 0.6 is 11.6 Å². The Kier molecular flexibility index (Phi) is 7.74. The number of anilines is 1. The smallest absolute Gasteiger partial charge is 0.248 e. The van der Waals surface area contributed by atoms with Gasteiger partial charge in [0.2, 0.25) is 5.91 Å². The Morgan fingerprint density at radius 1 is 1.00 bits per heavy atom. The van der Waals surface area contributed by atoms with Gasteiger partial charge in [0.25, 0.3) is 0 Å². The maximum Gasteiger partial charge on any atom is 0.248 e. The van der Waals surface area contributed by atoms with Crippen LogP contribution in [0.1, 0.15) is 36.5 Å². The van der Waals surface area contributed by atoms with E-state index in [0.717, 1.165) is 16.8 Å². The SMILES string of the molecule is COc1cc(/C=C/C(=O)Nc2ccc(C(C)C)cc2)ccc1OCc1ccc(Cl)cc1. The molecule has 0 unspecified atom stereocenters. The van der Waals surface area contributed by atoms with Crippen LogP contribution in [-0.4, -0.2) is 13.0 Å². The number of rotatable bonds is 8. The summed E-state index contributed by atoms with van der Waals surface area (Å²) in [6, 6.07) is 20.9. The summed E-state index contributed by atoms with van der Waals surface area (Å²) in [7, 11) is 1.59. The first-order valence-electron chi connectivity index (χ1n) is 10.1. The average molecular weight is 436 g/mol. The quantitative estimate of drug-likeness (QED) is 0.400.